The van der Waals surface area contributed by atoms with E-state index in [0.717, 1.165) is 18.6 Å². The highest BCUT2D eigenvalue weighted by molar-refractivity contribution is 5.77. The zero-order valence-electron chi connectivity index (χ0n) is 12.6. The molecule has 0 radical (unpaired) electrons. The summed E-state index contributed by atoms with van der Waals surface area (Å²) in [5, 5.41) is 3.03. The van der Waals surface area contributed by atoms with Crippen molar-refractivity contribution in [2.75, 3.05) is 13.2 Å². The summed E-state index contributed by atoms with van der Waals surface area (Å²) < 4.78 is 5.48. The number of hydrogen-bond acceptors (Lipinski definition) is 2. The van der Waals surface area contributed by atoms with Gasteiger partial charge in [-0.05, 0) is 30.5 Å². The van der Waals surface area contributed by atoms with Crippen LogP contribution >= 0.6 is 0 Å². The predicted molar refractivity (Wildman–Crippen MR) is 86.9 cm³/mol. The molecule has 1 aliphatic carbocycles. The summed E-state index contributed by atoms with van der Waals surface area (Å²) >= 11 is 0. The molecular weight excluding hydrogens is 274 g/mol. The standard InChI is InChI=1S/C19H21NO2/c21-18(14-22-17-10-5-2-6-11-17)20-15-19(12-7-13-19)16-8-3-1-4-9-16/h1-6,8-11H,7,12-15H2,(H,20,21). The van der Waals surface area contributed by atoms with E-state index in [1.165, 1.54) is 12.0 Å². The topological polar surface area (TPSA) is 38.3 Å². The number of nitrogens with one attached hydrogen (secondary N) is 1. The Labute approximate surface area is 131 Å². The van der Waals surface area contributed by atoms with Crippen LogP contribution in [0.15, 0.2) is 60.7 Å². The van der Waals surface area contributed by atoms with Gasteiger partial charge in [-0.25, -0.2) is 0 Å². The predicted octanol–water partition coefficient (Wildman–Crippen LogP) is 3.30. The molecule has 3 nitrogen and oxygen atoms in total. The maximum atomic E-state index is 12.0. The van der Waals surface area contributed by atoms with Gasteiger partial charge < -0.3 is 10.1 Å². The fourth-order valence-electron chi connectivity index (χ4n) is 2.95. The second kappa shape index (κ2) is 6.65. The van der Waals surface area contributed by atoms with Gasteiger partial charge in [0.25, 0.3) is 5.91 Å². The summed E-state index contributed by atoms with van der Waals surface area (Å²) in [7, 11) is 0. The van der Waals surface area contributed by atoms with Crippen LogP contribution in [0, 0.1) is 0 Å². The van der Waals surface area contributed by atoms with Gasteiger partial charge in [0.2, 0.25) is 0 Å². The second-order valence-corrected chi connectivity index (χ2v) is 5.88. The first-order valence-electron chi connectivity index (χ1n) is 7.79. The number of benzene rings is 2. The maximum absolute atomic E-state index is 12.0. The van der Waals surface area contributed by atoms with Crippen LogP contribution in [0.3, 0.4) is 0 Å². The molecule has 3 heteroatoms. The van der Waals surface area contributed by atoms with Crippen LogP contribution in [0.2, 0.25) is 0 Å². The molecule has 0 aromatic heterocycles. The number of carbonyl (C=O) groups is 1. The summed E-state index contributed by atoms with van der Waals surface area (Å²) in [4.78, 5) is 12.0. The first kappa shape index (κ1) is 14.6. The molecule has 1 fully saturated rings. The van der Waals surface area contributed by atoms with Gasteiger partial charge in [-0.2, -0.15) is 0 Å². The molecule has 0 atom stereocenters. The Morgan fingerprint density at radius 2 is 1.64 bits per heavy atom. The molecular formula is C19H21NO2. The van der Waals surface area contributed by atoms with Crippen molar-refractivity contribution in [2.24, 2.45) is 0 Å². The van der Waals surface area contributed by atoms with Gasteiger partial charge in [0.1, 0.15) is 5.75 Å². The zero-order chi connectivity index (χ0) is 15.3. The Hall–Kier alpha value is -2.29. The van der Waals surface area contributed by atoms with Crippen LogP contribution < -0.4 is 10.1 Å². The van der Waals surface area contributed by atoms with Gasteiger partial charge in [-0.1, -0.05) is 55.0 Å². The van der Waals surface area contributed by atoms with E-state index in [-0.39, 0.29) is 17.9 Å². The normalized spacial score (nSPS) is 15.6. The molecule has 1 amide bonds. The van der Waals surface area contributed by atoms with E-state index < -0.39 is 0 Å². The molecule has 114 valence electrons. The van der Waals surface area contributed by atoms with Gasteiger partial charge in [0.05, 0.1) is 0 Å². The lowest BCUT2D eigenvalue weighted by Gasteiger charge is -2.42. The van der Waals surface area contributed by atoms with Gasteiger partial charge in [-0.15, -0.1) is 0 Å². The summed E-state index contributed by atoms with van der Waals surface area (Å²) in [6.45, 7) is 0.753. The van der Waals surface area contributed by atoms with E-state index in [9.17, 15) is 4.79 Å². The van der Waals surface area contributed by atoms with E-state index in [4.69, 9.17) is 4.74 Å². The van der Waals surface area contributed by atoms with Crippen molar-refractivity contribution >= 4 is 5.91 Å². The molecule has 2 aromatic carbocycles. The zero-order valence-corrected chi connectivity index (χ0v) is 12.6. The Balaban J connectivity index is 1.52. The lowest BCUT2D eigenvalue weighted by atomic mass is 9.64. The average Bonchev–Trinajstić information content (AvgIpc) is 2.54. The minimum atomic E-state index is -0.0638. The first-order valence-corrected chi connectivity index (χ1v) is 7.79. The van der Waals surface area contributed by atoms with Gasteiger partial charge in [0, 0.05) is 12.0 Å². The van der Waals surface area contributed by atoms with Crippen molar-refractivity contribution in [3.63, 3.8) is 0 Å². The molecule has 1 saturated carbocycles. The first-order chi connectivity index (χ1) is 10.8. The number of carbonyl (C=O) groups excluding carboxylic acids is 1. The van der Waals surface area contributed by atoms with Crippen molar-refractivity contribution < 1.29 is 9.53 Å². The minimum absolute atomic E-state index is 0.0638. The lowest BCUT2D eigenvalue weighted by molar-refractivity contribution is -0.123. The van der Waals surface area contributed by atoms with Crippen LogP contribution in [-0.4, -0.2) is 19.1 Å². The largest absolute Gasteiger partial charge is 0.484 e. The van der Waals surface area contributed by atoms with E-state index in [1.54, 1.807) is 0 Å². The van der Waals surface area contributed by atoms with E-state index in [1.807, 2.05) is 36.4 Å². The SMILES string of the molecule is O=C(COc1ccccc1)NCC1(c2ccccc2)CCC1. The number of amides is 1. The van der Waals surface area contributed by atoms with Crippen molar-refractivity contribution in [3.8, 4) is 5.75 Å². The molecule has 3 rings (SSSR count). The number of rotatable bonds is 6. The molecule has 0 heterocycles. The molecule has 0 spiro atoms. The third kappa shape index (κ3) is 3.30. The van der Waals surface area contributed by atoms with Crippen LogP contribution in [0.1, 0.15) is 24.8 Å². The van der Waals surface area contributed by atoms with Gasteiger partial charge >= 0.3 is 0 Å². The van der Waals surface area contributed by atoms with Gasteiger partial charge in [-0.3, -0.25) is 4.79 Å². The number of hydrogen-bond donors (Lipinski definition) is 1. The second-order valence-electron chi connectivity index (χ2n) is 5.88. The quantitative estimate of drug-likeness (QED) is 0.888. The third-order valence-corrected chi connectivity index (χ3v) is 4.43. The fourth-order valence-corrected chi connectivity index (χ4v) is 2.95. The van der Waals surface area contributed by atoms with Crippen molar-refractivity contribution in [1.29, 1.82) is 0 Å². The molecule has 0 saturated heterocycles. The van der Waals surface area contributed by atoms with Crippen LogP contribution in [-0.2, 0) is 10.2 Å². The molecule has 0 bridgehead atoms. The average molecular weight is 295 g/mol. The molecule has 0 unspecified atom stereocenters. The van der Waals surface area contributed by atoms with Crippen LogP contribution in [0.4, 0.5) is 0 Å². The fraction of sp³-hybridized carbons (Fsp3) is 0.316. The van der Waals surface area contributed by atoms with E-state index >= 15 is 0 Å². The van der Waals surface area contributed by atoms with E-state index in [2.05, 4.69) is 29.6 Å². The Kier molecular flexibility index (Phi) is 4.42. The van der Waals surface area contributed by atoms with Crippen LogP contribution in [0.25, 0.3) is 0 Å². The van der Waals surface area contributed by atoms with Crippen molar-refractivity contribution in [1.82, 2.24) is 5.32 Å². The molecule has 0 aliphatic heterocycles. The molecule has 1 N–H and O–H groups in total. The Bertz CT molecular complexity index is 606. The van der Waals surface area contributed by atoms with E-state index in [0.29, 0.717) is 6.54 Å². The lowest BCUT2D eigenvalue weighted by Crippen LogP contribution is -2.46. The van der Waals surface area contributed by atoms with Crippen LogP contribution in [0.5, 0.6) is 5.75 Å². The van der Waals surface area contributed by atoms with Crippen molar-refractivity contribution in [3.05, 3.63) is 66.2 Å². The highest BCUT2D eigenvalue weighted by Crippen LogP contribution is 2.43. The third-order valence-electron chi connectivity index (χ3n) is 4.43. The minimum Gasteiger partial charge on any atom is -0.484 e. The molecule has 2 aromatic rings. The highest BCUT2D eigenvalue weighted by atomic mass is 16.5. The summed E-state index contributed by atoms with van der Waals surface area (Å²) in [6, 6.07) is 19.9. The summed E-state index contributed by atoms with van der Waals surface area (Å²) in [5.74, 6) is 0.658. The Morgan fingerprint density at radius 3 is 2.23 bits per heavy atom. The van der Waals surface area contributed by atoms with Crippen molar-refractivity contribution in [2.45, 2.75) is 24.7 Å². The summed E-state index contributed by atoms with van der Waals surface area (Å²) in [6.07, 6.45) is 3.50. The van der Waals surface area contributed by atoms with Gasteiger partial charge in [0.15, 0.2) is 6.61 Å². The monoisotopic (exact) mass is 295 g/mol. The number of ether oxygens (including phenoxy) is 1. The smallest absolute Gasteiger partial charge is 0.257 e. The molecule has 1 aliphatic rings. The highest BCUT2D eigenvalue weighted by Gasteiger charge is 2.38. The summed E-state index contributed by atoms with van der Waals surface area (Å²) in [5.41, 5.74) is 1.44. The maximum Gasteiger partial charge on any atom is 0.257 e. The molecule has 22 heavy (non-hydrogen) atoms. The number of para-hydroxylation sites is 1. The Morgan fingerprint density at radius 1 is 1.00 bits per heavy atom.